The zero-order chi connectivity index (χ0) is 15.1. The van der Waals surface area contributed by atoms with Crippen LogP contribution >= 0.6 is 11.6 Å². The van der Waals surface area contributed by atoms with Crippen molar-refractivity contribution in [1.29, 1.82) is 0 Å². The number of methoxy groups -OCH3 is 1. The zero-order valence-corrected chi connectivity index (χ0v) is 11.6. The molecule has 2 aromatic carbocycles. The summed E-state index contributed by atoms with van der Waals surface area (Å²) in [4.78, 5) is 25.9. The van der Waals surface area contributed by atoms with Crippen LogP contribution in [0.25, 0.3) is 21.8 Å². The number of hydrogen-bond donors (Lipinski definition) is 1. The summed E-state index contributed by atoms with van der Waals surface area (Å²) >= 11 is 5.87. The highest BCUT2D eigenvalue weighted by Gasteiger charge is 2.16. The summed E-state index contributed by atoms with van der Waals surface area (Å²) in [6, 6.07) is 7.60. The van der Waals surface area contributed by atoms with E-state index in [4.69, 9.17) is 16.3 Å². The maximum Gasteiger partial charge on any atom is 0.288 e. The number of aromatic nitrogens is 1. The van der Waals surface area contributed by atoms with Crippen molar-refractivity contribution in [3.05, 3.63) is 55.7 Å². The van der Waals surface area contributed by atoms with Crippen molar-refractivity contribution < 1.29 is 9.66 Å². The van der Waals surface area contributed by atoms with E-state index in [-0.39, 0.29) is 21.5 Å². The van der Waals surface area contributed by atoms with Crippen LogP contribution in [0, 0.1) is 10.1 Å². The molecule has 0 spiro atoms. The average Bonchev–Trinajstić information content (AvgIpc) is 2.46. The number of benzene rings is 2. The van der Waals surface area contributed by atoms with Crippen molar-refractivity contribution in [3.63, 3.8) is 0 Å². The van der Waals surface area contributed by atoms with Crippen molar-refractivity contribution >= 4 is 39.1 Å². The highest BCUT2D eigenvalue weighted by molar-refractivity contribution is 6.33. The molecule has 0 fully saturated rings. The van der Waals surface area contributed by atoms with Crippen LogP contribution in [-0.4, -0.2) is 17.0 Å². The number of hydrogen-bond acceptors (Lipinski definition) is 4. The Labute approximate surface area is 123 Å². The molecular formula is C14H9ClN2O4. The second kappa shape index (κ2) is 4.75. The van der Waals surface area contributed by atoms with Crippen LogP contribution in [0.4, 0.5) is 5.69 Å². The minimum absolute atomic E-state index is 0.0176. The van der Waals surface area contributed by atoms with Crippen LogP contribution in [0.15, 0.2) is 35.1 Å². The third kappa shape index (κ3) is 2.09. The van der Waals surface area contributed by atoms with Gasteiger partial charge in [0.05, 0.1) is 28.5 Å². The van der Waals surface area contributed by atoms with E-state index in [9.17, 15) is 14.9 Å². The van der Waals surface area contributed by atoms with Crippen molar-refractivity contribution in [2.75, 3.05) is 7.11 Å². The van der Waals surface area contributed by atoms with Gasteiger partial charge in [-0.2, -0.15) is 0 Å². The number of ether oxygens (including phenoxy) is 1. The molecule has 0 saturated carbocycles. The molecule has 0 aliphatic rings. The summed E-state index contributed by atoms with van der Waals surface area (Å²) in [5, 5.41) is 11.5. The van der Waals surface area contributed by atoms with Crippen molar-refractivity contribution in [1.82, 2.24) is 4.98 Å². The lowest BCUT2D eigenvalue weighted by Crippen LogP contribution is -2.05. The highest BCUT2D eigenvalue weighted by Crippen LogP contribution is 2.29. The van der Waals surface area contributed by atoms with Gasteiger partial charge in [0.2, 0.25) is 0 Å². The first-order valence-corrected chi connectivity index (χ1v) is 6.36. The molecule has 1 heterocycles. The second-order valence-electron chi connectivity index (χ2n) is 4.47. The van der Waals surface area contributed by atoms with E-state index >= 15 is 0 Å². The van der Waals surface area contributed by atoms with E-state index in [0.29, 0.717) is 22.2 Å². The fraction of sp³-hybridized carbons (Fsp3) is 0.0714. The monoisotopic (exact) mass is 304 g/mol. The number of nitrogens with one attached hydrogen (secondary N) is 1. The molecule has 0 unspecified atom stereocenters. The summed E-state index contributed by atoms with van der Waals surface area (Å²) in [7, 11) is 1.50. The summed E-state index contributed by atoms with van der Waals surface area (Å²) in [5.74, 6) is 0.538. The van der Waals surface area contributed by atoms with Crippen LogP contribution in [0.5, 0.6) is 5.75 Å². The Morgan fingerprint density at radius 2 is 1.90 bits per heavy atom. The van der Waals surface area contributed by atoms with Crippen LogP contribution < -0.4 is 10.2 Å². The molecule has 7 heteroatoms. The smallest absolute Gasteiger partial charge is 0.288 e. The Morgan fingerprint density at radius 3 is 2.57 bits per heavy atom. The number of H-pyrrole nitrogens is 1. The third-order valence-corrected chi connectivity index (χ3v) is 3.57. The van der Waals surface area contributed by atoms with Gasteiger partial charge >= 0.3 is 0 Å². The van der Waals surface area contributed by atoms with E-state index in [1.807, 2.05) is 0 Å². The summed E-state index contributed by atoms with van der Waals surface area (Å²) < 4.78 is 5.09. The number of nitro groups is 1. The normalized spacial score (nSPS) is 11.0. The third-order valence-electron chi connectivity index (χ3n) is 3.27. The molecule has 3 rings (SSSR count). The number of pyridine rings is 1. The first-order valence-electron chi connectivity index (χ1n) is 5.99. The van der Waals surface area contributed by atoms with Gasteiger partial charge in [0.15, 0.2) is 5.43 Å². The summed E-state index contributed by atoms with van der Waals surface area (Å²) in [5.41, 5.74) is 0.459. The van der Waals surface area contributed by atoms with Gasteiger partial charge in [-0.1, -0.05) is 11.6 Å². The average molecular weight is 305 g/mol. The Balaban J connectivity index is 2.45. The molecule has 0 aliphatic heterocycles. The van der Waals surface area contributed by atoms with Gasteiger partial charge in [-0.15, -0.1) is 0 Å². The largest absolute Gasteiger partial charge is 0.497 e. The van der Waals surface area contributed by atoms with Gasteiger partial charge in [0.1, 0.15) is 10.8 Å². The Bertz CT molecular complexity index is 949. The Hall–Kier alpha value is -2.60. The van der Waals surface area contributed by atoms with Crippen molar-refractivity contribution in [3.8, 4) is 5.75 Å². The lowest BCUT2D eigenvalue weighted by atomic mass is 10.1. The number of halogens is 1. The van der Waals surface area contributed by atoms with Crippen LogP contribution in [0.3, 0.4) is 0 Å². The van der Waals surface area contributed by atoms with Crippen LogP contribution in [0.2, 0.25) is 5.02 Å². The minimum atomic E-state index is -0.614. The molecule has 0 aliphatic carbocycles. The van der Waals surface area contributed by atoms with E-state index in [2.05, 4.69) is 4.98 Å². The molecule has 0 amide bonds. The maximum atomic E-state index is 12.5. The first kappa shape index (κ1) is 13.4. The fourth-order valence-electron chi connectivity index (χ4n) is 2.23. The molecule has 0 saturated heterocycles. The van der Waals surface area contributed by atoms with Crippen LogP contribution in [0.1, 0.15) is 0 Å². The topological polar surface area (TPSA) is 85.2 Å². The molecule has 106 valence electrons. The van der Waals surface area contributed by atoms with Crippen molar-refractivity contribution in [2.45, 2.75) is 0 Å². The Morgan fingerprint density at radius 1 is 1.19 bits per heavy atom. The summed E-state index contributed by atoms with van der Waals surface area (Å²) in [6.45, 7) is 0. The first-order chi connectivity index (χ1) is 10.0. The molecule has 0 radical (unpaired) electrons. The van der Waals surface area contributed by atoms with Gasteiger partial charge in [-0.3, -0.25) is 14.9 Å². The number of nitrogens with zero attached hydrogens (tertiary/aromatic N) is 1. The van der Waals surface area contributed by atoms with Crippen LogP contribution in [-0.2, 0) is 0 Å². The van der Waals surface area contributed by atoms with E-state index in [1.54, 1.807) is 18.2 Å². The van der Waals surface area contributed by atoms with E-state index in [0.717, 1.165) is 0 Å². The molecule has 6 nitrogen and oxygen atoms in total. The number of aromatic amines is 1. The fourth-order valence-corrected chi connectivity index (χ4v) is 2.46. The van der Waals surface area contributed by atoms with Gasteiger partial charge in [-0.05, 0) is 24.3 Å². The number of rotatable bonds is 2. The molecule has 3 aromatic rings. The predicted octanol–water partition coefficient (Wildman–Crippen LogP) is 3.25. The minimum Gasteiger partial charge on any atom is -0.497 e. The van der Waals surface area contributed by atoms with Gasteiger partial charge in [0, 0.05) is 11.5 Å². The molecule has 1 N–H and O–H groups in total. The standard InChI is InChI=1S/C14H9ClN2O4/c1-21-7-2-3-11-8(4-7)14(18)9-5-13(17(19)20)10(15)6-12(9)16-11/h2-6H,1H3,(H,16,18). The van der Waals surface area contributed by atoms with Gasteiger partial charge in [-0.25, -0.2) is 0 Å². The van der Waals surface area contributed by atoms with Crippen molar-refractivity contribution in [2.24, 2.45) is 0 Å². The zero-order valence-electron chi connectivity index (χ0n) is 10.8. The summed E-state index contributed by atoms with van der Waals surface area (Å²) in [6.07, 6.45) is 0. The number of nitro benzene ring substituents is 1. The molecule has 0 atom stereocenters. The predicted molar refractivity (Wildman–Crippen MR) is 80.3 cm³/mol. The molecule has 21 heavy (non-hydrogen) atoms. The highest BCUT2D eigenvalue weighted by atomic mass is 35.5. The van der Waals surface area contributed by atoms with Gasteiger partial charge in [0.25, 0.3) is 5.69 Å². The maximum absolute atomic E-state index is 12.5. The molecule has 0 bridgehead atoms. The van der Waals surface area contributed by atoms with E-state index in [1.165, 1.54) is 19.2 Å². The molecular weight excluding hydrogens is 296 g/mol. The van der Waals surface area contributed by atoms with Gasteiger partial charge < -0.3 is 9.72 Å². The second-order valence-corrected chi connectivity index (χ2v) is 4.88. The SMILES string of the molecule is COc1ccc2[nH]c3cc(Cl)c([N+](=O)[O-])cc3c(=O)c2c1. The molecule has 1 aromatic heterocycles. The quantitative estimate of drug-likeness (QED) is 0.447. The Kier molecular flexibility index (Phi) is 3.03. The lowest BCUT2D eigenvalue weighted by Gasteiger charge is -2.05. The lowest BCUT2D eigenvalue weighted by molar-refractivity contribution is -0.384. The van der Waals surface area contributed by atoms with E-state index < -0.39 is 4.92 Å². The number of fused-ring (bicyclic) bond motifs is 2.